The van der Waals surface area contributed by atoms with Gasteiger partial charge in [-0.25, -0.2) is 15.0 Å². The smallest absolute Gasteiger partial charge is 0.143 e. The number of aryl methyl sites for hydroxylation is 2. The molecule has 0 spiro atoms. The van der Waals surface area contributed by atoms with Gasteiger partial charge in [0.1, 0.15) is 17.8 Å². The van der Waals surface area contributed by atoms with Crippen molar-refractivity contribution in [2.45, 2.75) is 57.1 Å². The van der Waals surface area contributed by atoms with Crippen molar-refractivity contribution in [2.24, 2.45) is 5.92 Å². The van der Waals surface area contributed by atoms with Crippen LogP contribution in [-0.2, 0) is 12.8 Å². The van der Waals surface area contributed by atoms with Crippen molar-refractivity contribution in [3.8, 4) is 0 Å². The highest BCUT2D eigenvalue weighted by atomic mass is 16.3. The van der Waals surface area contributed by atoms with E-state index in [0.717, 1.165) is 61.0 Å². The van der Waals surface area contributed by atoms with Gasteiger partial charge in [-0.3, -0.25) is 0 Å². The number of fused-ring (bicyclic) bond motifs is 3. The Bertz CT molecular complexity index is 1270. The Morgan fingerprint density at radius 1 is 1.09 bits per heavy atom. The van der Waals surface area contributed by atoms with Crippen LogP contribution in [0.15, 0.2) is 49.1 Å². The van der Waals surface area contributed by atoms with Crippen LogP contribution in [0, 0.1) is 5.92 Å². The van der Waals surface area contributed by atoms with Gasteiger partial charge < -0.3 is 15.0 Å². The molecule has 4 aromatic rings. The largest absolute Gasteiger partial charge is 0.391 e. The first-order valence-corrected chi connectivity index (χ1v) is 11.9. The van der Waals surface area contributed by atoms with E-state index in [2.05, 4.69) is 44.1 Å². The minimum atomic E-state index is -0.328. The molecule has 0 unspecified atom stereocenters. The maximum absolute atomic E-state index is 10.8. The van der Waals surface area contributed by atoms with Crippen molar-refractivity contribution in [2.75, 3.05) is 11.9 Å². The molecule has 32 heavy (non-hydrogen) atoms. The van der Waals surface area contributed by atoms with Crippen molar-refractivity contribution in [1.29, 1.82) is 0 Å². The van der Waals surface area contributed by atoms with Gasteiger partial charge in [-0.05, 0) is 80.2 Å². The molecule has 3 aromatic heterocycles. The highest BCUT2D eigenvalue weighted by Gasteiger charge is 2.34. The van der Waals surface area contributed by atoms with Gasteiger partial charge in [-0.15, -0.1) is 0 Å². The molecule has 6 nitrogen and oxygen atoms in total. The monoisotopic (exact) mass is 427 g/mol. The first kappa shape index (κ1) is 19.7. The van der Waals surface area contributed by atoms with Crippen LogP contribution in [0.5, 0.6) is 0 Å². The summed E-state index contributed by atoms with van der Waals surface area (Å²) in [5, 5.41) is 16.5. The fourth-order valence-electron chi connectivity index (χ4n) is 5.57. The molecule has 6 rings (SSSR count). The van der Waals surface area contributed by atoms with E-state index in [1.54, 1.807) is 6.33 Å². The molecule has 1 fully saturated rings. The fraction of sp³-hybridized carbons (Fsp3) is 0.423. The van der Waals surface area contributed by atoms with Crippen LogP contribution in [0.4, 0.5) is 5.82 Å². The van der Waals surface area contributed by atoms with Crippen molar-refractivity contribution < 1.29 is 5.11 Å². The van der Waals surface area contributed by atoms with Gasteiger partial charge in [0.2, 0.25) is 0 Å². The Morgan fingerprint density at radius 3 is 3.03 bits per heavy atom. The molecule has 164 valence electrons. The van der Waals surface area contributed by atoms with E-state index in [1.165, 1.54) is 29.4 Å². The molecule has 2 N–H and O–H groups in total. The number of aliphatic hydroxyl groups excluding tert-OH is 1. The van der Waals surface area contributed by atoms with Gasteiger partial charge in [0.15, 0.2) is 0 Å². The van der Waals surface area contributed by atoms with Crippen LogP contribution >= 0.6 is 0 Å². The zero-order chi connectivity index (χ0) is 21.5. The third kappa shape index (κ3) is 3.62. The molecular weight excluding hydrogens is 398 g/mol. The van der Waals surface area contributed by atoms with Gasteiger partial charge >= 0.3 is 0 Å². The van der Waals surface area contributed by atoms with Gasteiger partial charge in [0.05, 0.1) is 17.7 Å². The van der Waals surface area contributed by atoms with Crippen molar-refractivity contribution in [3.05, 3.63) is 60.2 Å². The van der Waals surface area contributed by atoms with Crippen molar-refractivity contribution in [1.82, 2.24) is 19.5 Å². The molecule has 0 amide bonds. The van der Waals surface area contributed by atoms with E-state index in [9.17, 15) is 5.11 Å². The molecular formula is C26H29N5O. The van der Waals surface area contributed by atoms with Gasteiger partial charge in [0, 0.05) is 29.7 Å². The molecule has 4 heterocycles. The van der Waals surface area contributed by atoms with E-state index < -0.39 is 0 Å². The lowest BCUT2D eigenvalue weighted by molar-refractivity contribution is 0.136. The number of pyridine rings is 1. The van der Waals surface area contributed by atoms with E-state index in [1.807, 2.05) is 18.5 Å². The Morgan fingerprint density at radius 2 is 2.06 bits per heavy atom. The molecule has 0 bridgehead atoms. The number of benzene rings is 1. The maximum atomic E-state index is 10.8. The maximum Gasteiger partial charge on any atom is 0.143 e. The summed E-state index contributed by atoms with van der Waals surface area (Å²) in [5.74, 6) is 1.57. The molecule has 2 aliphatic rings. The highest BCUT2D eigenvalue weighted by molar-refractivity contribution is 5.82. The zero-order valence-corrected chi connectivity index (χ0v) is 18.2. The molecule has 0 radical (unpaired) electrons. The average molecular weight is 428 g/mol. The van der Waals surface area contributed by atoms with Crippen LogP contribution in [0.25, 0.3) is 21.9 Å². The minimum absolute atomic E-state index is 0.0900. The predicted octanol–water partition coefficient (Wildman–Crippen LogP) is 4.67. The summed E-state index contributed by atoms with van der Waals surface area (Å²) >= 11 is 0. The zero-order valence-electron chi connectivity index (χ0n) is 18.2. The van der Waals surface area contributed by atoms with Crippen LogP contribution in [-0.4, -0.2) is 37.3 Å². The highest BCUT2D eigenvalue weighted by Crippen LogP contribution is 2.39. The number of hydrogen-bond acceptors (Lipinski definition) is 5. The molecule has 1 aliphatic heterocycles. The number of anilines is 1. The van der Waals surface area contributed by atoms with E-state index >= 15 is 0 Å². The second kappa shape index (κ2) is 8.17. The van der Waals surface area contributed by atoms with Crippen LogP contribution < -0.4 is 5.32 Å². The second-order valence-corrected chi connectivity index (χ2v) is 9.44. The number of nitrogens with one attached hydrogen (secondary N) is 1. The van der Waals surface area contributed by atoms with E-state index in [4.69, 9.17) is 4.98 Å². The van der Waals surface area contributed by atoms with Gasteiger partial charge in [-0.1, -0.05) is 12.1 Å². The number of nitrogens with zero attached hydrogens (tertiary/aromatic N) is 4. The summed E-state index contributed by atoms with van der Waals surface area (Å²) in [6, 6.07) is 11.2. The normalized spacial score (nSPS) is 23.2. The number of hydrogen-bond donors (Lipinski definition) is 2. The molecule has 6 heteroatoms. The summed E-state index contributed by atoms with van der Waals surface area (Å²) < 4.78 is 2.14. The Labute approximate surface area is 187 Å². The van der Waals surface area contributed by atoms with Gasteiger partial charge in [0.25, 0.3) is 0 Å². The SMILES string of the molecule is O[C@@H]1C[C@@H](CCc2ccc3cc4c(nc3c2)NCCCC4)C[C@H]1n1ccc2cncnc21. The van der Waals surface area contributed by atoms with Crippen molar-refractivity contribution in [3.63, 3.8) is 0 Å². The number of aromatic nitrogens is 4. The molecule has 0 saturated heterocycles. The second-order valence-electron chi connectivity index (χ2n) is 9.44. The lowest BCUT2D eigenvalue weighted by atomic mass is 9.97. The summed E-state index contributed by atoms with van der Waals surface area (Å²) in [7, 11) is 0. The third-order valence-corrected chi connectivity index (χ3v) is 7.30. The summed E-state index contributed by atoms with van der Waals surface area (Å²) in [6.45, 7) is 1.01. The van der Waals surface area contributed by atoms with Gasteiger partial charge in [-0.2, -0.15) is 0 Å². The van der Waals surface area contributed by atoms with Crippen LogP contribution in [0.2, 0.25) is 0 Å². The first-order chi connectivity index (χ1) is 15.7. The Hall–Kier alpha value is -2.99. The quantitative estimate of drug-likeness (QED) is 0.495. The lowest BCUT2D eigenvalue weighted by Crippen LogP contribution is -2.17. The molecule has 1 aliphatic carbocycles. The average Bonchev–Trinajstić information content (AvgIpc) is 3.32. The predicted molar refractivity (Wildman–Crippen MR) is 127 cm³/mol. The topological polar surface area (TPSA) is 75.9 Å². The summed E-state index contributed by atoms with van der Waals surface area (Å²) in [6.07, 6.45) is 12.6. The summed E-state index contributed by atoms with van der Waals surface area (Å²) in [5.41, 5.74) is 4.67. The molecule has 1 aromatic carbocycles. The van der Waals surface area contributed by atoms with Crippen LogP contribution in [0.3, 0.4) is 0 Å². The Kier molecular flexibility index (Phi) is 5.02. The fourth-order valence-corrected chi connectivity index (χ4v) is 5.57. The summed E-state index contributed by atoms with van der Waals surface area (Å²) in [4.78, 5) is 13.5. The minimum Gasteiger partial charge on any atom is -0.391 e. The standard InChI is InChI=1S/C26H29N5O/c32-24-13-18(12-23(24)31-10-8-21-15-27-16-29-26(21)31)5-4-17-6-7-19-14-20-3-1-2-9-28-25(20)30-22(19)11-17/h6-8,10-11,14-16,18,23-24,32H,1-5,9,12-13H2,(H,28,30)/t18-,23+,24+/m0/s1. The third-order valence-electron chi connectivity index (χ3n) is 7.30. The Balaban J connectivity index is 1.16. The molecule has 3 atom stereocenters. The van der Waals surface area contributed by atoms with E-state index in [0.29, 0.717) is 5.92 Å². The number of rotatable bonds is 4. The van der Waals surface area contributed by atoms with Crippen LogP contribution in [0.1, 0.15) is 49.3 Å². The van der Waals surface area contributed by atoms with Crippen molar-refractivity contribution >= 4 is 27.8 Å². The molecule has 1 saturated carbocycles. The van der Waals surface area contributed by atoms with E-state index in [-0.39, 0.29) is 12.1 Å². The first-order valence-electron chi connectivity index (χ1n) is 11.9. The number of aliphatic hydroxyl groups is 1. The lowest BCUT2D eigenvalue weighted by Gasteiger charge is -2.17.